The molecule has 0 radical (unpaired) electrons. The standard InChI is InChI=1S/C18H21N3O3/c1-10(2)8-11(3)20-18(22)15-16(21-24-17(15)19)13-9-23-14-7-5-4-6-12(13)14/h4-7,9-11H,8,19H2,1-3H3,(H,20,22). The molecule has 6 nitrogen and oxygen atoms in total. The van der Waals surface area contributed by atoms with Crippen molar-refractivity contribution < 1.29 is 13.7 Å². The molecule has 0 fully saturated rings. The maximum atomic E-state index is 12.6. The Balaban J connectivity index is 1.96. The van der Waals surface area contributed by atoms with E-state index in [2.05, 4.69) is 24.3 Å². The van der Waals surface area contributed by atoms with E-state index in [0.29, 0.717) is 22.8 Å². The molecule has 1 amide bonds. The second kappa shape index (κ2) is 6.39. The van der Waals surface area contributed by atoms with Gasteiger partial charge in [-0.1, -0.05) is 37.2 Å². The number of hydrogen-bond donors (Lipinski definition) is 2. The number of fused-ring (bicyclic) bond motifs is 1. The third-order valence-corrected chi connectivity index (χ3v) is 3.88. The lowest BCUT2D eigenvalue weighted by atomic mass is 10.0. The van der Waals surface area contributed by atoms with Gasteiger partial charge >= 0.3 is 0 Å². The topological polar surface area (TPSA) is 94.3 Å². The molecule has 2 aromatic heterocycles. The lowest BCUT2D eigenvalue weighted by Gasteiger charge is -2.15. The SMILES string of the molecule is CC(C)CC(C)NC(=O)c1c(-c2coc3ccccc23)noc1N. The molecule has 3 N–H and O–H groups in total. The first kappa shape index (κ1) is 16.1. The molecule has 0 aliphatic heterocycles. The molecular weight excluding hydrogens is 306 g/mol. The normalized spacial score (nSPS) is 12.7. The van der Waals surface area contributed by atoms with Crippen LogP contribution in [0, 0.1) is 5.92 Å². The van der Waals surface area contributed by atoms with Crippen LogP contribution in [0.3, 0.4) is 0 Å². The Hall–Kier alpha value is -2.76. The molecule has 3 aromatic rings. The maximum absolute atomic E-state index is 12.6. The van der Waals surface area contributed by atoms with Gasteiger partial charge in [-0.2, -0.15) is 0 Å². The van der Waals surface area contributed by atoms with Gasteiger partial charge in [0.2, 0.25) is 5.88 Å². The number of nitrogen functional groups attached to an aromatic ring is 1. The van der Waals surface area contributed by atoms with Crippen LogP contribution in [0.2, 0.25) is 0 Å². The second-order valence-electron chi connectivity index (χ2n) is 6.42. The Morgan fingerprint density at radius 2 is 2.04 bits per heavy atom. The van der Waals surface area contributed by atoms with Crippen molar-refractivity contribution in [1.29, 1.82) is 0 Å². The summed E-state index contributed by atoms with van der Waals surface area (Å²) in [5.41, 5.74) is 7.90. The Bertz CT molecular complexity index is 863. The van der Waals surface area contributed by atoms with Crippen LogP contribution < -0.4 is 11.1 Å². The van der Waals surface area contributed by atoms with Crippen molar-refractivity contribution in [2.24, 2.45) is 5.92 Å². The fourth-order valence-electron chi connectivity index (χ4n) is 2.93. The number of rotatable bonds is 5. The highest BCUT2D eigenvalue weighted by molar-refractivity contribution is 6.06. The molecule has 126 valence electrons. The molecule has 1 unspecified atom stereocenters. The van der Waals surface area contributed by atoms with Crippen molar-refractivity contribution in [1.82, 2.24) is 10.5 Å². The van der Waals surface area contributed by atoms with Crippen LogP contribution in [0.4, 0.5) is 5.88 Å². The number of nitrogens with zero attached hydrogens (tertiary/aromatic N) is 1. The Labute approximate surface area is 140 Å². The molecule has 24 heavy (non-hydrogen) atoms. The monoisotopic (exact) mass is 327 g/mol. The van der Waals surface area contributed by atoms with Gasteiger partial charge in [0.25, 0.3) is 5.91 Å². The molecule has 0 saturated heterocycles. The van der Waals surface area contributed by atoms with E-state index in [4.69, 9.17) is 14.7 Å². The zero-order valence-corrected chi connectivity index (χ0v) is 14.0. The molecule has 6 heteroatoms. The third kappa shape index (κ3) is 2.99. The van der Waals surface area contributed by atoms with Crippen molar-refractivity contribution >= 4 is 22.8 Å². The number of anilines is 1. The highest BCUT2D eigenvalue weighted by atomic mass is 16.5. The fraction of sp³-hybridized carbons (Fsp3) is 0.333. The van der Waals surface area contributed by atoms with Gasteiger partial charge in [-0.3, -0.25) is 4.79 Å². The summed E-state index contributed by atoms with van der Waals surface area (Å²) in [6.45, 7) is 6.19. The van der Waals surface area contributed by atoms with Gasteiger partial charge in [-0.15, -0.1) is 0 Å². The lowest BCUT2D eigenvalue weighted by molar-refractivity contribution is 0.0937. The van der Waals surface area contributed by atoms with E-state index in [0.717, 1.165) is 11.8 Å². The summed E-state index contributed by atoms with van der Waals surface area (Å²) in [7, 11) is 0. The molecular formula is C18H21N3O3. The summed E-state index contributed by atoms with van der Waals surface area (Å²) in [4.78, 5) is 12.6. The molecule has 0 saturated carbocycles. The van der Waals surface area contributed by atoms with E-state index in [-0.39, 0.29) is 23.4 Å². The van der Waals surface area contributed by atoms with E-state index in [9.17, 15) is 4.79 Å². The average Bonchev–Trinajstić information content (AvgIpc) is 3.09. The van der Waals surface area contributed by atoms with Gasteiger partial charge in [0.05, 0.1) is 5.56 Å². The van der Waals surface area contributed by atoms with Gasteiger partial charge < -0.3 is 20.0 Å². The average molecular weight is 327 g/mol. The summed E-state index contributed by atoms with van der Waals surface area (Å²) >= 11 is 0. The minimum absolute atomic E-state index is 0.00419. The Kier molecular flexibility index (Phi) is 4.29. The van der Waals surface area contributed by atoms with E-state index < -0.39 is 0 Å². The van der Waals surface area contributed by atoms with E-state index in [1.165, 1.54) is 0 Å². The smallest absolute Gasteiger partial charge is 0.259 e. The number of carbonyl (C=O) groups excluding carboxylic acids is 1. The van der Waals surface area contributed by atoms with E-state index >= 15 is 0 Å². The van der Waals surface area contributed by atoms with Crippen molar-refractivity contribution in [2.75, 3.05) is 5.73 Å². The Morgan fingerprint density at radius 3 is 2.79 bits per heavy atom. The van der Waals surface area contributed by atoms with Crippen LogP contribution in [-0.4, -0.2) is 17.1 Å². The zero-order chi connectivity index (χ0) is 17.3. The molecule has 1 aromatic carbocycles. The molecule has 1 atom stereocenters. The maximum Gasteiger partial charge on any atom is 0.259 e. The molecule has 0 spiro atoms. The number of hydrogen-bond acceptors (Lipinski definition) is 5. The fourth-order valence-corrected chi connectivity index (χ4v) is 2.93. The number of para-hydroxylation sites is 1. The predicted molar refractivity (Wildman–Crippen MR) is 92.5 cm³/mol. The summed E-state index contributed by atoms with van der Waals surface area (Å²) < 4.78 is 10.6. The van der Waals surface area contributed by atoms with Crippen LogP contribution in [0.15, 0.2) is 39.5 Å². The van der Waals surface area contributed by atoms with Gasteiger partial charge in [0, 0.05) is 11.4 Å². The number of nitrogens with two attached hydrogens (primary N) is 1. The van der Waals surface area contributed by atoms with Crippen LogP contribution in [0.1, 0.15) is 37.6 Å². The number of benzene rings is 1. The highest BCUT2D eigenvalue weighted by Gasteiger charge is 2.25. The minimum atomic E-state index is -0.290. The number of furan rings is 1. The van der Waals surface area contributed by atoms with Crippen molar-refractivity contribution in [3.63, 3.8) is 0 Å². The third-order valence-electron chi connectivity index (χ3n) is 3.88. The first-order valence-corrected chi connectivity index (χ1v) is 8.00. The predicted octanol–water partition coefficient (Wildman–Crippen LogP) is 3.83. The van der Waals surface area contributed by atoms with Crippen LogP contribution in [0.25, 0.3) is 22.2 Å². The molecule has 0 aliphatic rings. The number of amides is 1. The largest absolute Gasteiger partial charge is 0.464 e. The first-order valence-electron chi connectivity index (χ1n) is 8.00. The minimum Gasteiger partial charge on any atom is -0.464 e. The summed E-state index contributed by atoms with van der Waals surface area (Å²) in [6, 6.07) is 7.57. The van der Waals surface area contributed by atoms with Crippen LogP contribution in [-0.2, 0) is 0 Å². The van der Waals surface area contributed by atoms with Crippen molar-refractivity contribution in [3.05, 3.63) is 36.1 Å². The van der Waals surface area contributed by atoms with Gasteiger partial charge in [0.1, 0.15) is 23.1 Å². The summed E-state index contributed by atoms with van der Waals surface area (Å²) in [5, 5.41) is 7.79. The first-order chi connectivity index (χ1) is 11.5. The summed E-state index contributed by atoms with van der Waals surface area (Å²) in [6.07, 6.45) is 2.44. The number of carbonyl (C=O) groups is 1. The second-order valence-corrected chi connectivity index (χ2v) is 6.42. The van der Waals surface area contributed by atoms with Crippen LogP contribution >= 0.6 is 0 Å². The van der Waals surface area contributed by atoms with Crippen LogP contribution in [0.5, 0.6) is 0 Å². The summed E-state index contributed by atoms with van der Waals surface area (Å²) in [5.74, 6) is 0.198. The quantitative estimate of drug-likeness (QED) is 0.742. The number of nitrogens with one attached hydrogen (secondary N) is 1. The molecule has 0 bridgehead atoms. The van der Waals surface area contributed by atoms with Gasteiger partial charge in [-0.05, 0) is 25.3 Å². The molecule has 0 aliphatic carbocycles. The van der Waals surface area contributed by atoms with Gasteiger partial charge in [-0.25, -0.2) is 0 Å². The van der Waals surface area contributed by atoms with Crippen molar-refractivity contribution in [2.45, 2.75) is 33.2 Å². The highest BCUT2D eigenvalue weighted by Crippen LogP contribution is 2.34. The number of aromatic nitrogens is 1. The zero-order valence-electron chi connectivity index (χ0n) is 14.0. The Morgan fingerprint density at radius 1 is 1.29 bits per heavy atom. The lowest BCUT2D eigenvalue weighted by Crippen LogP contribution is -2.33. The molecule has 3 rings (SSSR count). The van der Waals surface area contributed by atoms with Gasteiger partial charge in [0.15, 0.2) is 0 Å². The van der Waals surface area contributed by atoms with Crippen molar-refractivity contribution in [3.8, 4) is 11.3 Å². The van der Waals surface area contributed by atoms with E-state index in [1.807, 2.05) is 31.2 Å². The van der Waals surface area contributed by atoms with E-state index in [1.54, 1.807) is 6.26 Å². The molecule has 2 heterocycles.